The average Bonchev–Trinajstić information content (AvgIpc) is 3.13. The smallest absolute Gasteiger partial charge is 0.252 e. The first-order valence-electron chi connectivity index (χ1n) is 9.25. The lowest BCUT2D eigenvalue weighted by Gasteiger charge is -2.24. The number of rotatable bonds is 4. The number of fused-ring (bicyclic) bond motifs is 1. The summed E-state index contributed by atoms with van der Waals surface area (Å²) in [6.45, 7) is 1.50. The topological polar surface area (TPSA) is 83.9 Å². The van der Waals surface area contributed by atoms with E-state index in [2.05, 4.69) is 4.99 Å². The van der Waals surface area contributed by atoms with Crippen molar-refractivity contribution in [3.05, 3.63) is 65.7 Å². The van der Waals surface area contributed by atoms with Crippen molar-refractivity contribution in [2.24, 2.45) is 4.99 Å². The highest BCUT2D eigenvalue weighted by Gasteiger charge is 2.49. The number of ketones is 1. The van der Waals surface area contributed by atoms with Crippen LogP contribution in [-0.4, -0.2) is 48.1 Å². The number of nitrogens with zero attached hydrogens (tertiary/aromatic N) is 2. The van der Waals surface area contributed by atoms with Crippen LogP contribution in [-0.2, 0) is 21.1 Å². The zero-order valence-corrected chi connectivity index (χ0v) is 17.4. The Morgan fingerprint density at radius 3 is 2.41 bits per heavy atom. The van der Waals surface area contributed by atoms with Crippen LogP contribution in [0.5, 0.6) is 0 Å². The van der Waals surface area contributed by atoms with E-state index in [1.165, 1.54) is 18.7 Å². The van der Waals surface area contributed by atoms with Gasteiger partial charge in [-0.15, -0.1) is 0 Å². The molecule has 0 saturated carbocycles. The number of amides is 1. The molecule has 0 aromatic heterocycles. The van der Waals surface area contributed by atoms with Crippen LogP contribution in [0.2, 0.25) is 0 Å². The summed E-state index contributed by atoms with van der Waals surface area (Å²) in [4.78, 5) is 30.3. The molecule has 2 aliphatic rings. The normalized spacial score (nSPS) is 23.9. The van der Waals surface area contributed by atoms with Gasteiger partial charge in [-0.1, -0.05) is 42.1 Å². The van der Waals surface area contributed by atoms with Crippen molar-refractivity contribution in [2.45, 2.75) is 24.6 Å². The van der Waals surface area contributed by atoms with E-state index < -0.39 is 9.84 Å². The van der Waals surface area contributed by atoms with Crippen molar-refractivity contribution in [3.8, 4) is 0 Å². The highest BCUT2D eigenvalue weighted by Crippen LogP contribution is 2.41. The molecule has 0 bridgehead atoms. The number of amidine groups is 1. The molecule has 2 aromatic rings. The monoisotopic (exact) mass is 428 g/mol. The molecule has 2 atom stereocenters. The van der Waals surface area contributed by atoms with Gasteiger partial charge in [0.1, 0.15) is 0 Å². The van der Waals surface area contributed by atoms with E-state index in [0.29, 0.717) is 10.7 Å². The zero-order valence-electron chi connectivity index (χ0n) is 15.8. The highest BCUT2D eigenvalue weighted by atomic mass is 32.2. The van der Waals surface area contributed by atoms with Gasteiger partial charge in [0.05, 0.1) is 24.0 Å². The van der Waals surface area contributed by atoms with Crippen molar-refractivity contribution in [1.82, 2.24) is 0 Å². The molecule has 0 N–H and O–H groups in total. The number of thioether (sulfide) groups is 1. The summed E-state index contributed by atoms with van der Waals surface area (Å²) in [5, 5.41) is 0.363. The van der Waals surface area contributed by atoms with Crippen molar-refractivity contribution in [1.29, 1.82) is 0 Å². The Kier molecular flexibility index (Phi) is 5.31. The summed E-state index contributed by atoms with van der Waals surface area (Å²) < 4.78 is 24.3. The predicted molar refractivity (Wildman–Crippen MR) is 115 cm³/mol. The van der Waals surface area contributed by atoms with Crippen LogP contribution in [0, 0.1) is 0 Å². The maximum Gasteiger partial charge on any atom is 0.252 e. The largest absolute Gasteiger partial charge is 0.316 e. The third kappa shape index (κ3) is 4.28. The van der Waals surface area contributed by atoms with Crippen LogP contribution < -0.4 is 4.90 Å². The zero-order chi connectivity index (χ0) is 20.6. The second-order valence-electron chi connectivity index (χ2n) is 7.22. The molecule has 8 heteroatoms. The average molecular weight is 429 g/mol. The van der Waals surface area contributed by atoms with Crippen molar-refractivity contribution < 1.29 is 18.0 Å². The molecule has 0 spiro atoms. The van der Waals surface area contributed by atoms with Crippen molar-refractivity contribution in [2.75, 3.05) is 16.4 Å². The highest BCUT2D eigenvalue weighted by molar-refractivity contribution is 8.16. The van der Waals surface area contributed by atoms with E-state index in [1.54, 1.807) is 24.3 Å². The van der Waals surface area contributed by atoms with Crippen LogP contribution in [0.4, 0.5) is 5.69 Å². The summed E-state index contributed by atoms with van der Waals surface area (Å²) in [5.41, 5.74) is 2.19. The van der Waals surface area contributed by atoms with Crippen LogP contribution in [0.1, 0.15) is 22.8 Å². The van der Waals surface area contributed by atoms with Gasteiger partial charge in [-0.3, -0.25) is 9.59 Å². The van der Waals surface area contributed by atoms with Crippen LogP contribution >= 0.6 is 11.8 Å². The summed E-state index contributed by atoms with van der Waals surface area (Å²) in [5.74, 6) is -0.200. The van der Waals surface area contributed by atoms with Crippen LogP contribution in [0.25, 0.3) is 0 Å². The van der Waals surface area contributed by atoms with Gasteiger partial charge in [-0.05, 0) is 36.8 Å². The minimum Gasteiger partial charge on any atom is -0.316 e. The lowest BCUT2D eigenvalue weighted by molar-refractivity contribution is -0.117. The molecular formula is C21H20N2O4S2. The van der Waals surface area contributed by atoms with Gasteiger partial charge in [0.15, 0.2) is 20.8 Å². The van der Waals surface area contributed by atoms with Gasteiger partial charge >= 0.3 is 0 Å². The van der Waals surface area contributed by atoms with E-state index in [9.17, 15) is 18.0 Å². The molecule has 0 aliphatic carbocycles. The van der Waals surface area contributed by atoms with E-state index in [1.807, 2.05) is 35.2 Å². The first-order chi connectivity index (χ1) is 13.8. The number of hydrogen-bond donors (Lipinski definition) is 0. The quantitative estimate of drug-likeness (QED) is 0.697. The number of Topliss-reactive ketones (excluding diaryl/α,β-unsaturated/α-hetero) is 1. The fourth-order valence-corrected chi connectivity index (χ4v) is 7.57. The second kappa shape index (κ2) is 7.76. The van der Waals surface area contributed by atoms with Gasteiger partial charge in [0, 0.05) is 16.5 Å². The fourth-order valence-electron chi connectivity index (χ4n) is 3.64. The first kappa shape index (κ1) is 19.8. The molecule has 0 radical (unpaired) electrons. The van der Waals surface area contributed by atoms with Gasteiger partial charge < -0.3 is 4.90 Å². The maximum absolute atomic E-state index is 12.5. The van der Waals surface area contributed by atoms with Gasteiger partial charge in [0.25, 0.3) is 5.91 Å². The van der Waals surface area contributed by atoms with Gasteiger partial charge in [-0.25, -0.2) is 8.42 Å². The molecular weight excluding hydrogens is 408 g/mol. The molecule has 150 valence electrons. The third-order valence-corrected chi connectivity index (χ3v) is 8.25. The molecule has 2 fully saturated rings. The Morgan fingerprint density at radius 1 is 1.07 bits per heavy atom. The maximum atomic E-state index is 12.5. The summed E-state index contributed by atoms with van der Waals surface area (Å²) in [6, 6.07) is 16.1. The molecule has 2 saturated heterocycles. The third-order valence-electron chi connectivity index (χ3n) is 5.04. The number of benzene rings is 2. The number of sulfone groups is 1. The van der Waals surface area contributed by atoms with E-state index >= 15 is 0 Å². The lowest BCUT2D eigenvalue weighted by Crippen LogP contribution is -2.37. The van der Waals surface area contributed by atoms with Crippen molar-refractivity contribution >= 4 is 44.1 Å². The number of carbonyl (C=O) groups excluding carboxylic acids is 2. The Balaban J connectivity index is 1.65. The molecule has 2 aromatic carbocycles. The van der Waals surface area contributed by atoms with Crippen LogP contribution in [0.3, 0.4) is 0 Å². The molecule has 2 heterocycles. The summed E-state index contributed by atoms with van der Waals surface area (Å²) in [6.07, 6.45) is 0.190. The SMILES string of the molecule is CC(=O)c1ccc(N2C(=NC(=O)Cc3ccccc3)S[C@@H]3CS(=O)(=O)C[C@H]32)cc1. The molecule has 2 aliphatic heterocycles. The van der Waals surface area contributed by atoms with E-state index in [4.69, 9.17) is 0 Å². The van der Waals surface area contributed by atoms with Crippen molar-refractivity contribution in [3.63, 3.8) is 0 Å². The lowest BCUT2D eigenvalue weighted by atomic mass is 10.1. The molecule has 6 nitrogen and oxygen atoms in total. The minimum absolute atomic E-state index is 0.0328. The standard InChI is InChI=1S/C21H20N2O4S2/c1-14(24)16-7-9-17(10-8-16)23-18-12-29(26,27)13-19(18)28-21(23)22-20(25)11-15-5-3-2-4-6-15/h2-10,18-19H,11-13H2,1H3/t18-,19-/m1/s1. The number of carbonyl (C=O) groups is 2. The number of hydrogen-bond acceptors (Lipinski definition) is 5. The molecule has 0 unspecified atom stereocenters. The number of aliphatic imine (C=N–C) groups is 1. The summed E-state index contributed by atoms with van der Waals surface area (Å²) in [7, 11) is -3.13. The Bertz CT molecular complexity index is 1080. The van der Waals surface area contributed by atoms with Gasteiger partial charge in [0.2, 0.25) is 0 Å². The first-order valence-corrected chi connectivity index (χ1v) is 12.0. The van der Waals surface area contributed by atoms with Crippen LogP contribution in [0.15, 0.2) is 59.6 Å². The minimum atomic E-state index is -3.13. The number of anilines is 1. The predicted octanol–water partition coefficient (Wildman–Crippen LogP) is 2.73. The molecule has 29 heavy (non-hydrogen) atoms. The van der Waals surface area contributed by atoms with Gasteiger partial charge in [-0.2, -0.15) is 4.99 Å². The summed E-state index contributed by atoms with van der Waals surface area (Å²) >= 11 is 1.34. The van der Waals surface area contributed by atoms with E-state index in [0.717, 1.165) is 11.3 Å². The Hall–Kier alpha value is -2.45. The molecule has 4 rings (SSSR count). The fraction of sp³-hybridized carbons (Fsp3) is 0.286. The second-order valence-corrected chi connectivity index (χ2v) is 10.6. The molecule has 1 amide bonds. The Labute approximate surface area is 173 Å². The Morgan fingerprint density at radius 2 is 1.76 bits per heavy atom. The van der Waals surface area contributed by atoms with E-state index in [-0.39, 0.29) is 40.9 Å².